The third-order valence-electron chi connectivity index (χ3n) is 10.00. The molecular weight excluding hydrogens is 771 g/mol. The zero-order valence-electron chi connectivity index (χ0n) is 30.8. The molecule has 6 rings (SSSR count). The summed E-state index contributed by atoms with van der Waals surface area (Å²) in [6.45, 7) is 26.0. The van der Waals surface area contributed by atoms with Crippen molar-refractivity contribution in [2.75, 3.05) is 0 Å². The van der Waals surface area contributed by atoms with Crippen LogP contribution >= 0.6 is 0 Å². The van der Waals surface area contributed by atoms with Crippen LogP contribution in [0.2, 0.25) is 0 Å². The predicted octanol–water partition coefficient (Wildman–Crippen LogP) is 11.9. The van der Waals surface area contributed by atoms with Crippen LogP contribution in [0.5, 0.6) is 0 Å². The monoisotopic (exact) mass is 823 g/mol. The Morgan fingerprint density at radius 1 is 0.958 bits per heavy atom. The molecule has 0 atom stereocenters. The summed E-state index contributed by atoms with van der Waals surface area (Å²) in [5, 5.41) is 13.9. The van der Waals surface area contributed by atoms with E-state index >= 15 is 0 Å². The average Bonchev–Trinajstić information content (AvgIpc) is 3.38. The molecule has 257 valence electrons. The minimum Gasteiger partial charge on any atom is -0.512 e. The van der Waals surface area contributed by atoms with E-state index in [-0.39, 0.29) is 59.7 Å². The predicted molar refractivity (Wildman–Crippen MR) is 197 cm³/mol. The number of carbonyl (C=O) groups is 1. The third-order valence-corrected chi connectivity index (χ3v) is 10.00. The molecule has 0 saturated heterocycles. The van der Waals surface area contributed by atoms with Crippen LogP contribution in [-0.2, 0) is 41.1 Å². The molecule has 0 amide bonds. The summed E-state index contributed by atoms with van der Waals surface area (Å²) in [6.07, 6.45) is 5.63. The minimum absolute atomic E-state index is 0. The van der Waals surface area contributed by atoms with E-state index in [1.54, 1.807) is 0 Å². The van der Waals surface area contributed by atoms with Gasteiger partial charge in [0.25, 0.3) is 0 Å². The first-order chi connectivity index (χ1) is 21.8. The number of aliphatic hydroxyl groups is 1. The van der Waals surface area contributed by atoms with Gasteiger partial charge < -0.3 is 9.52 Å². The van der Waals surface area contributed by atoms with Gasteiger partial charge in [-0.1, -0.05) is 105 Å². The molecule has 0 aliphatic heterocycles. The van der Waals surface area contributed by atoms with Gasteiger partial charge in [-0.3, -0.25) is 9.78 Å². The first kappa shape index (κ1) is 37.5. The van der Waals surface area contributed by atoms with E-state index in [0.717, 1.165) is 33.2 Å². The molecule has 0 spiro atoms. The second-order valence-corrected chi connectivity index (χ2v) is 16.4. The molecule has 0 bridgehead atoms. The number of carbonyl (C=O) groups excluding carboxylic acids is 1. The maximum atomic E-state index is 11.0. The molecule has 2 aromatic heterocycles. The van der Waals surface area contributed by atoms with Crippen molar-refractivity contribution in [2.24, 2.45) is 11.8 Å². The fourth-order valence-electron chi connectivity index (χ4n) is 7.00. The number of aryl methyl sites for hydroxylation is 1. The number of furan rings is 1. The molecule has 2 heterocycles. The number of fused-ring (bicyclic) bond motifs is 5. The van der Waals surface area contributed by atoms with E-state index in [1.165, 1.54) is 51.9 Å². The largest absolute Gasteiger partial charge is 0.512 e. The molecule has 48 heavy (non-hydrogen) atoms. The number of hydrogen-bond donors (Lipinski definition) is 1. The van der Waals surface area contributed by atoms with Gasteiger partial charge in [0.15, 0.2) is 5.78 Å². The first-order valence-corrected chi connectivity index (χ1v) is 17.1. The van der Waals surface area contributed by atoms with E-state index < -0.39 is 0 Å². The molecule has 3 aromatic carbocycles. The topological polar surface area (TPSA) is 63.3 Å². The van der Waals surface area contributed by atoms with Gasteiger partial charge in [-0.05, 0) is 64.8 Å². The standard InChI is InChI=1S/C34H36NO.C9H16O2.Ir/c1-20-28-24-13-16-35-30(22-17-21-11-9-10-12-23(21)25(18-22)32(2,3)4)31(24)36-27(28)19-26-29(20)34(7,8)15-14-33(26,5)6;1-6(2)8(10)5-9(11)7(3)4;/h9-13,16,18-19H,14-15H2,1-8H3;5-7,10H,1-4H3;/q-1;;/b;8-5-;. The van der Waals surface area contributed by atoms with E-state index in [2.05, 4.69) is 104 Å². The molecule has 1 aliphatic carbocycles. The van der Waals surface area contributed by atoms with Crippen molar-refractivity contribution < 1.29 is 34.4 Å². The van der Waals surface area contributed by atoms with Crippen molar-refractivity contribution in [3.05, 3.63) is 88.8 Å². The minimum atomic E-state index is -0.0316. The summed E-state index contributed by atoms with van der Waals surface area (Å²) in [4.78, 5) is 15.9. The first-order valence-electron chi connectivity index (χ1n) is 17.1. The van der Waals surface area contributed by atoms with Crippen LogP contribution in [0.15, 0.2) is 64.9 Å². The van der Waals surface area contributed by atoms with E-state index in [4.69, 9.17) is 9.40 Å². The molecule has 0 unspecified atom stereocenters. The number of nitrogens with zero attached hydrogens (tertiary/aromatic N) is 1. The van der Waals surface area contributed by atoms with Gasteiger partial charge in [-0.25, -0.2) is 0 Å². The normalized spacial score (nSPS) is 15.8. The van der Waals surface area contributed by atoms with Crippen LogP contribution in [-0.4, -0.2) is 15.9 Å². The maximum Gasteiger partial charge on any atom is 0.161 e. The summed E-state index contributed by atoms with van der Waals surface area (Å²) in [5.74, 6) is 0.161. The van der Waals surface area contributed by atoms with Crippen molar-refractivity contribution in [3.63, 3.8) is 0 Å². The Morgan fingerprint density at radius 3 is 2.23 bits per heavy atom. The second kappa shape index (κ2) is 13.6. The van der Waals surface area contributed by atoms with Gasteiger partial charge in [-0.2, -0.15) is 0 Å². The van der Waals surface area contributed by atoms with Crippen LogP contribution < -0.4 is 0 Å². The van der Waals surface area contributed by atoms with Gasteiger partial charge in [0.2, 0.25) is 0 Å². The summed E-state index contributed by atoms with van der Waals surface area (Å²) in [5.41, 5.74) is 9.57. The molecule has 1 N–H and O–H groups in total. The Morgan fingerprint density at radius 2 is 1.60 bits per heavy atom. The summed E-state index contributed by atoms with van der Waals surface area (Å²) >= 11 is 0. The Bertz CT molecular complexity index is 2020. The van der Waals surface area contributed by atoms with E-state index in [9.17, 15) is 9.90 Å². The SMILES string of the molecule is CC(C)C(=O)/C=C(\O)C(C)C.Cc1c2c(cc3oc4c(-c5[c-]c6ccccc6c(C(C)(C)C)c5)nccc4c13)C(C)(C)CCC2(C)C.[Ir]. The number of pyridine rings is 1. The zero-order valence-corrected chi connectivity index (χ0v) is 33.2. The quantitative estimate of drug-likeness (QED) is 0.111. The van der Waals surface area contributed by atoms with Gasteiger partial charge >= 0.3 is 0 Å². The number of allylic oxidation sites excluding steroid dienone is 2. The van der Waals surface area contributed by atoms with Crippen LogP contribution in [0, 0.1) is 24.8 Å². The van der Waals surface area contributed by atoms with Crippen LogP contribution in [0.4, 0.5) is 0 Å². The molecule has 5 aromatic rings. The summed E-state index contributed by atoms with van der Waals surface area (Å²) < 4.78 is 6.70. The van der Waals surface area contributed by atoms with E-state index in [1.807, 2.05) is 33.9 Å². The van der Waals surface area contributed by atoms with Gasteiger partial charge in [-0.15, -0.1) is 29.1 Å². The van der Waals surface area contributed by atoms with Crippen molar-refractivity contribution in [1.29, 1.82) is 0 Å². The Balaban J connectivity index is 0.000000376. The Kier molecular flexibility index (Phi) is 10.6. The number of hydrogen-bond acceptors (Lipinski definition) is 4. The van der Waals surface area contributed by atoms with Crippen molar-refractivity contribution >= 4 is 38.5 Å². The second-order valence-electron chi connectivity index (χ2n) is 16.4. The number of benzene rings is 3. The molecular formula is C43H52IrNO3-. The molecule has 1 aliphatic rings. The average molecular weight is 823 g/mol. The fraction of sp³-hybridized carbons (Fsp3) is 0.442. The maximum absolute atomic E-state index is 11.0. The molecule has 0 saturated carbocycles. The van der Waals surface area contributed by atoms with Gasteiger partial charge in [0.1, 0.15) is 11.2 Å². The van der Waals surface area contributed by atoms with Crippen molar-refractivity contribution in [2.45, 2.75) is 112 Å². The smallest absolute Gasteiger partial charge is 0.161 e. The molecule has 4 nitrogen and oxygen atoms in total. The third kappa shape index (κ3) is 7.05. The van der Waals surface area contributed by atoms with Gasteiger partial charge in [0, 0.05) is 60.7 Å². The molecule has 0 fully saturated rings. The zero-order chi connectivity index (χ0) is 34.6. The number of aliphatic hydroxyl groups excluding tert-OH is 1. The van der Waals surface area contributed by atoms with Crippen molar-refractivity contribution in [1.82, 2.24) is 4.98 Å². The Labute approximate surface area is 300 Å². The Hall–Kier alpha value is -3.27. The van der Waals surface area contributed by atoms with E-state index in [0.29, 0.717) is 0 Å². The molecule has 1 radical (unpaired) electrons. The van der Waals surface area contributed by atoms with Crippen LogP contribution in [0.1, 0.15) is 111 Å². The fourth-order valence-corrected chi connectivity index (χ4v) is 7.00. The summed E-state index contributed by atoms with van der Waals surface area (Å²) in [6, 6.07) is 18.9. The number of rotatable bonds is 4. The summed E-state index contributed by atoms with van der Waals surface area (Å²) in [7, 11) is 0. The number of ketones is 1. The van der Waals surface area contributed by atoms with Crippen LogP contribution in [0.3, 0.4) is 0 Å². The number of aromatic nitrogens is 1. The van der Waals surface area contributed by atoms with Crippen molar-refractivity contribution in [3.8, 4) is 11.3 Å². The van der Waals surface area contributed by atoms with Crippen LogP contribution in [0.25, 0.3) is 44.0 Å². The van der Waals surface area contributed by atoms with Gasteiger partial charge in [0.05, 0.1) is 5.76 Å². The molecule has 5 heteroatoms.